The van der Waals surface area contributed by atoms with Gasteiger partial charge in [0.2, 0.25) is 0 Å². The van der Waals surface area contributed by atoms with E-state index in [-0.39, 0.29) is 12.3 Å². The molecule has 0 unspecified atom stereocenters. The third-order valence-corrected chi connectivity index (χ3v) is 3.96. The number of nitro groups is 1. The van der Waals surface area contributed by atoms with Crippen molar-refractivity contribution >= 4 is 17.2 Å². The molecule has 0 atom stereocenters. The minimum Gasteiger partial charge on any atom is -0.497 e. The Hall–Kier alpha value is -2.37. The molecule has 0 bridgehead atoms. The third kappa shape index (κ3) is 3.88. The molecular weight excluding hydrogens is 298 g/mol. The zero-order valence-corrected chi connectivity index (χ0v) is 13.5. The number of nitrogens with zero attached hydrogens (tertiary/aromatic N) is 1. The van der Waals surface area contributed by atoms with Gasteiger partial charge in [-0.05, 0) is 44.7 Å². The van der Waals surface area contributed by atoms with Gasteiger partial charge in [-0.25, -0.2) is 4.79 Å². The van der Waals surface area contributed by atoms with E-state index in [2.05, 4.69) is 0 Å². The van der Waals surface area contributed by atoms with Crippen LogP contribution in [0.3, 0.4) is 0 Å². The van der Waals surface area contributed by atoms with E-state index in [9.17, 15) is 14.9 Å². The number of benzene rings is 1. The molecule has 1 aromatic rings. The Morgan fingerprint density at radius 3 is 2.52 bits per heavy atom. The van der Waals surface area contributed by atoms with Crippen LogP contribution in [0.4, 0.5) is 5.69 Å². The maximum atomic E-state index is 12.4. The number of carbonyl (C=O) groups is 1. The van der Waals surface area contributed by atoms with Crippen LogP contribution >= 0.6 is 0 Å². The van der Waals surface area contributed by atoms with E-state index in [1.807, 2.05) is 0 Å². The second-order valence-corrected chi connectivity index (χ2v) is 5.40. The van der Waals surface area contributed by atoms with Crippen LogP contribution in [-0.2, 0) is 9.53 Å². The minimum atomic E-state index is -0.488. The van der Waals surface area contributed by atoms with Crippen LogP contribution in [0.15, 0.2) is 23.8 Å². The zero-order chi connectivity index (χ0) is 16.8. The number of hydrogen-bond donors (Lipinski definition) is 0. The molecule has 0 heterocycles. The molecule has 1 aromatic carbocycles. The van der Waals surface area contributed by atoms with Gasteiger partial charge in [-0.1, -0.05) is 12.0 Å². The fourth-order valence-electron chi connectivity index (χ4n) is 2.88. The summed E-state index contributed by atoms with van der Waals surface area (Å²) >= 11 is 0. The summed E-state index contributed by atoms with van der Waals surface area (Å²) in [6.45, 7) is 1.96. The van der Waals surface area contributed by atoms with Gasteiger partial charge in [0, 0.05) is 0 Å². The molecule has 0 radical (unpaired) electrons. The highest BCUT2D eigenvalue weighted by atomic mass is 16.6. The molecule has 2 rings (SSSR count). The fraction of sp³-hybridized carbons (Fsp3) is 0.471. The summed E-state index contributed by atoms with van der Waals surface area (Å²) in [5, 5.41) is 11.4. The van der Waals surface area contributed by atoms with Crippen molar-refractivity contribution in [3.63, 3.8) is 0 Å². The van der Waals surface area contributed by atoms with E-state index in [0.717, 1.165) is 37.7 Å². The Labute approximate surface area is 135 Å². The van der Waals surface area contributed by atoms with Gasteiger partial charge >= 0.3 is 5.97 Å². The highest BCUT2D eigenvalue weighted by Crippen LogP contribution is 2.37. The third-order valence-electron chi connectivity index (χ3n) is 3.96. The van der Waals surface area contributed by atoms with Crippen molar-refractivity contribution in [1.82, 2.24) is 0 Å². The summed E-state index contributed by atoms with van der Waals surface area (Å²) in [4.78, 5) is 23.4. The Morgan fingerprint density at radius 1 is 1.26 bits per heavy atom. The summed E-state index contributed by atoms with van der Waals surface area (Å²) in [5.74, 6) is -0.102. The van der Waals surface area contributed by atoms with Crippen LogP contribution < -0.4 is 4.74 Å². The van der Waals surface area contributed by atoms with Crippen LogP contribution in [0.5, 0.6) is 5.75 Å². The second kappa shape index (κ2) is 7.76. The largest absolute Gasteiger partial charge is 0.497 e. The average Bonchev–Trinajstić information content (AvgIpc) is 2.56. The smallest absolute Gasteiger partial charge is 0.338 e. The predicted octanol–water partition coefficient (Wildman–Crippen LogP) is 3.88. The summed E-state index contributed by atoms with van der Waals surface area (Å²) in [7, 11) is 1.45. The number of ether oxygens (including phenoxy) is 2. The Balaban J connectivity index is 2.59. The molecule has 1 saturated carbocycles. The van der Waals surface area contributed by atoms with Gasteiger partial charge in [0.25, 0.3) is 5.69 Å². The van der Waals surface area contributed by atoms with Crippen LogP contribution in [-0.4, -0.2) is 24.6 Å². The number of methoxy groups -OCH3 is 1. The number of nitro benzene ring substituents is 1. The molecule has 1 fully saturated rings. The second-order valence-electron chi connectivity index (χ2n) is 5.40. The molecule has 0 N–H and O–H groups in total. The summed E-state index contributed by atoms with van der Waals surface area (Å²) in [6, 6.07) is 4.55. The Kier molecular flexibility index (Phi) is 5.73. The van der Waals surface area contributed by atoms with E-state index >= 15 is 0 Å². The maximum Gasteiger partial charge on any atom is 0.338 e. The molecular formula is C17H21NO5. The van der Waals surface area contributed by atoms with Crippen molar-refractivity contribution < 1.29 is 19.2 Å². The van der Waals surface area contributed by atoms with Crippen molar-refractivity contribution in [2.24, 2.45) is 0 Å². The first-order valence-electron chi connectivity index (χ1n) is 7.80. The zero-order valence-electron chi connectivity index (χ0n) is 13.5. The van der Waals surface area contributed by atoms with Gasteiger partial charge in [0.15, 0.2) is 0 Å². The topological polar surface area (TPSA) is 78.7 Å². The number of hydrogen-bond acceptors (Lipinski definition) is 5. The van der Waals surface area contributed by atoms with Gasteiger partial charge in [-0.15, -0.1) is 0 Å². The standard InChI is InChI=1S/C17H21NO5/c1-3-23-17(19)16(12-7-5-4-6-8-12)14-10-9-13(22-2)11-15(14)18(20)21/h9-11H,3-8H2,1-2H3. The minimum absolute atomic E-state index is 0.134. The maximum absolute atomic E-state index is 12.4. The molecule has 0 aliphatic heterocycles. The van der Waals surface area contributed by atoms with Gasteiger partial charge in [0.05, 0.1) is 35.8 Å². The fourth-order valence-corrected chi connectivity index (χ4v) is 2.88. The Bertz CT molecular complexity index is 628. The summed E-state index contributed by atoms with van der Waals surface area (Å²) in [6.07, 6.45) is 4.64. The SMILES string of the molecule is CCOC(=O)C(=C1CCCCC1)c1ccc(OC)cc1[N+](=O)[O-]. The van der Waals surface area contributed by atoms with Gasteiger partial charge < -0.3 is 9.47 Å². The monoisotopic (exact) mass is 319 g/mol. The molecule has 6 nitrogen and oxygen atoms in total. The normalized spacial score (nSPS) is 14.3. The number of allylic oxidation sites excluding steroid dienone is 1. The average molecular weight is 319 g/mol. The lowest BCUT2D eigenvalue weighted by molar-refractivity contribution is -0.385. The van der Waals surface area contributed by atoms with Gasteiger partial charge in [0.1, 0.15) is 5.75 Å². The van der Waals surface area contributed by atoms with Crippen molar-refractivity contribution in [3.05, 3.63) is 39.4 Å². The molecule has 1 aliphatic carbocycles. The van der Waals surface area contributed by atoms with Crippen LogP contribution in [0, 0.1) is 10.1 Å². The molecule has 23 heavy (non-hydrogen) atoms. The van der Waals surface area contributed by atoms with E-state index in [4.69, 9.17) is 9.47 Å². The highest BCUT2D eigenvalue weighted by Gasteiger charge is 2.27. The molecule has 1 aliphatic rings. The molecule has 0 saturated heterocycles. The quantitative estimate of drug-likeness (QED) is 0.356. The predicted molar refractivity (Wildman–Crippen MR) is 86.3 cm³/mol. The number of esters is 1. The van der Waals surface area contributed by atoms with E-state index in [1.54, 1.807) is 19.1 Å². The van der Waals surface area contributed by atoms with Crippen molar-refractivity contribution in [2.45, 2.75) is 39.0 Å². The van der Waals surface area contributed by atoms with Crippen LogP contribution in [0.25, 0.3) is 5.57 Å². The molecule has 0 aromatic heterocycles. The molecule has 0 amide bonds. The first-order valence-corrected chi connectivity index (χ1v) is 7.80. The molecule has 0 spiro atoms. The first-order chi connectivity index (χ1) is 11.1. The highest BCUT2D eigenvalue weighted by molar-refractivity contribution is 6.18. The van der Waals surface area contributed by atoms with E-state index < -0.39 is 10.9 Å². The number of carbonyl (C=O) groups excluding carboxylic acids is 1. The molecule has 6 heteroatoms. The van der Waals surface area contributed by atoms with E-state index in [0.29, 0.717) is 16.9 Å². The lowest BCUT2D eigenvalue weighted by atomic mass is 9.87. The number of rotatable bonds is 5. The Morgan fingerprint density at radius 2 is 1.96 bits per heavy atom. The lowest BCUT2D eigenvalue weighted by Gasteiger charge is -2.19. The van der Waals surface area contributed by atoms with Crippen molar-refractivity contribution in [1.29, 1.82) is 0 Å². The molecule has 124 valence electrons. The van der Waals surface area contributed by atoms with E-state index in [1.165, 1.54) is 13.2 Å². The first kappa shape index (κ1) is 17.0. The van der Waals surface area contributed by atoms with Gasteiger partial charge in [-0.3, -0.25) is 10.1 Å². The van der Waals surface area contributed by atoms with Crippen LogP contribution in [0.1, 0.15) is 44.6 Å². The summed E-state index contributed by atoms with van der Waals surface area (Å²) < 4.78 is 10.2. The van der Waals surface area contributed by atoms with Crippen molar-refractivity contribution in [3.8, 4) is 5.75 Å². The van der Waals surface area contributed by atoms with Crippen LogP contribution in [0.2, 0.25) is 0 Å². The lowest BCUT2D eigenvalue weighted by Crippen LogP contribution is -2.12. The van der Waals surface area contributed by atoms with Crippen molar-refractivity contribution in [2.75, 3.05) is 13.7 Å². The summed E-state index contributed by atoms with van der Waals surface area (Å²) in [5.41, 5.74) is 1.47. The van der Waals surface area contributed by atoms with Gasteiger partial charge in [-0.2, -0.15) is 0 Å².